The molecule has 0 aromatic heterocycles. The van der Waals surface area contributed by atoms with Crippen molar-refractivity contribution >= 4 is 28.7 Å². The van der Waals surface area contributed by atoms with Crippen LogP contribution in [-0.4, -0.2) is 34.2 Å². The molecule has 122 valence electrons. The molecule has 0 saturated heterocycles. The molecule has 0 bridgehead atoms. The number of amides is 1. The summed E-state index contributed by atoms with van der Waals surface area (Å²) in [5.74, 6) is 0.964. The Bertz CT molecular complexity index is 525. The van der Waals surface area contributed by atoms with E-state index in [1.807, 2.05) is 32.9 Å². The normalized spacial score (nSPS) is 14.5. The van der Waals surface area contributed by atoms with Gasteiger partial charge in [-0.25, -0.2) is 4.79 Å². The second-order valence-corrected chi connectivity index (χ2v) is 7.52. The highest BCUT2D eigenvalue weighted by molar-refractivity contribution is 14.1. The second kappa shape index (κ2) is 7.53. The van der Waals surface area contributed by atoms with Crippen LogP contribution >= 0.6 is 22.6 Å². The fourth-order valence-corrected chi connectivity index (χ4v) is 2.74. The molecule has 0 fully saturated rings. The summed E-state index contributed by atoms with van der Waals surface area (Å²) < 4.78 is 12.4. The van der Waals surface area contributed by atoms with E-state index in [1.54, 1.807) is 4.90 Å². The van der Waals surface area contributed by atoms with Gasteiger partial charge in [0.05, 0.1) is 6.61 Å². The molecule has 1 heterocycles. The lowest BCUT2D eigenvalue weighted by Gasteiger charge is -2.31. The zero-order valence-corrected chi connectivity index (χ0v) is 15.7. The average Bonchev–Trinajstić information content (AvgIpc) is 2.45. The number of rotatable bonds is 4. The minimum absolute atomic E-state index is 0.241. The first kappa shape index (κ1) is 17.4. The van der Waals surface area contributed by atoms with Crippen molar-refractivity contribution in [1.82, 2.24) is 4.90 Å². The number of halogens is 1. The monoisotopic (exact) mass is 417 g/mol. The summed E-state index contributed by atoms with van der Waals surface area (Å²) in [7, 11) is 0. The van der Waals surface area contributed by atoms with Crippen LogP contribution in [0.3, 0.4) is 0 Å². The molecule has 22 heavy (non-hydrogen) atoms. The molecule has 2 rings (SSSR count). The van der Waals surface area contributed by atoms with Crippen LogP contribution in [0, 0.1) is 0 Å². The van der Waals surface area contributed by atoms with Crippen LogP contribution in [0.15, 0.2) is 18.2 Å². The number of benzene rings is 1. The van der Waals surface area contributed by atoms with Crippen LogP contribution in [0.25, 0.3) is 0 Å². The van der Waals surface area contributed by atoms with Gasteiger partial charge in [-0.3, -0.25) is 0 Å². The Morgan fingerprint density at radius 2 is 2.14 bits per heavy atom. The SMILES string of the molecule is CC(C)(C)OC(=O)N1CCc2c(cccc2OCCCI)C1. The summed E-state index contributed by atoms with van der Waals surface area (Å²) in [6, 6.07) is 6.09. The smallest absolute Gasteiger partial charge is 0.410 e. The van der Waals surface area contributed by atoms with Gasteiger partial charge in [-0.2, -0.15) is 0 Å². The summed E-state index contributed by atoms with van der Waals surface area (Å²) in [6.07, 6.45) is 1.62. The molecular weight excluding hydrogens is 393 g/mol. The van der Waals surface area contributed by atoms with E-state index in [-0.39, 0.29) is 6.09 Å². The Balaban J connectivity index is 2.05. The number of carbonyl (C=O) groups excluding carboxylic acids is 1. The molecule has 0 aliphatic carbocycles. The molecule has 0 spiro atoms. The number of carbonyl (C=O) groups is 1. The average molecular weight is 417 g/mol. The van der Waals surface area contributed by atoms with Gasteiger partial charge < -0.3 is 14.4 Å². The molecule has 1 aliphatic heterocycles. The Labute approximate surface area is 146 Å². The first-order chi connectivity index (χ1) is 10.4. The van der Waals surface area contributed by atoms with Gasteiger partial charge in [-0.15, -0.1) is 0 Å². The molecule has 0 unspecified atom stereocenters. The molecule has 1 aromatic rings. The van der Waals surface area contributed by atoms with Crippen LogP contribution in [-0.2, 0) is 17.7 Å². The van der Waals surface area contributed by atoms with Crippen molar-refractivity contribution in [1.29, 1.82) is 0 Å². The van der Waals surface area contributed by atoms with Crippen molar-refractivity contribution < 1.29 is 14.3 Å². The van der Waals surface area contributed by atoms with Crippen LogP contribution in [0.1, 0.15) is 38.3 Å². The van der Waals surface area contributed by atoms with Gasteiger partial charge in [-0.05, 0) is 45.2 Å². The van der Waals surface area contributed by atoms with Gasteiger partial charge in [0.2, 0.25) is 0 Å². The number of hydrogen-bond donors (Lipinski definition) is 0. The number of hydrogen-bond acceptors (Lipinski definition) is 3. The van der Waals surface area contributed by atoms with Crippen LogP contribution < -0.4 is 4.74 Å². The Morgan fingerprint density at radius 3 is 2.82 bits per heavy atom. The molecule has 0 saturated carbocycles. The number of fused-ring (bicyclic) bond motifs is 1. The fraction of sp³-hybridized carbons (Fsp3) is 0.588. The number of alkyl halides is 1. The molecule has 5 heteroatoms. The van der Waals surface area contributed by atoms with Gasteiger partial charge in [0.25, 0.3) is 0 Å². The van der Waals surface area contributed by atoms with Crippen molar-refractivity contribution in [3.63, 3.8) is 0 Å². The standard InChI is InChI=1S/C17H24INO3/c1-17(2,3)22-16(20)19-10-8-14-13(12-19)6-4-7-15(14)21-11-5-9-18/h4,6-7H,5,8-12H2,1-3H3. The van der Waals surface area contributed by atoms with E-state index in [9.17, 15) is 4.79 Å². The molecule has 1 aromatic carbocycles. The minimum atomic E-state index is -0.457. The maximum atomic E-state index is 12.2. The van der Waals surface area contributed by atoms with E-state index in [4.69, 9.17) is 9.47 Å². The number of nitrogens with zero attached hydrogens (tertiary/aromatic N) is 1. The first-order valence-corrected chi connectivity index (χ1v) is 9.21. The lowest BCUT2D eigenvalue weighted by atomic mass is 9.99. The maximum Gasteiger partial charge on any atom is 0.410 e. The summed E-state index contributed by atoms with van der Waals surface area (Å²) >= 11 is 2.36. The van der Waals surface area contributed by atoms with E-state index in [1.165, 1.54) is 5.56 Å². The van der Waals surface area contributed by atoms with Gasteiger partial charge in [0, 0.05) is 23.1 Å². The molecule has 0 atom stereocenters. The van der Waals surface area contributed by atoms with E-state index in [2.05, 4.69) is 28.7 Å². The Morgan fingerprint density at radius 1 is 1.36 bits per heavy atom. The van der Waals surface area contributed by atoms with Crippen LogP contribution in [0.5, 0.6) is 5.75 Å². The Kier molecular flexibility index (Phi) is 5.94. The third kappa shape index (κ3) is 4.76. The fourth-order valence-electron chi connectivity index (χ4n) is 2.43. The molecular formula is C17H24INO3. The summed E-state index contributed by atoms with van der Waals surface area (Å²) in [5, 5.41) is 0. The quantitative estimate of drug-likeness (QED) is 0.419. The van der Waals surface area contributed by atoms with E-state index in [0.29, 0.717) is 13.1 Å². The van der Waals surface area contributed by atoms with Crippen molar-refractivity contribution in [3.8, 4) is 5.75 Å². The second-order valence-electron chi connectivity index (χ2n) is 6.44. The predicted octanol–water partition coefficient (Wildman–Crippen LogP) is 4.18. The predicted molar refractivity (Wildman–Crippen MR) is 95.8 cm³/mol. The van der Waals surface area contributed by atoms with Crippen LogP contribution in [0.2, 0.25) is 0 Å². The zero-order chi connectivity index (χ0) is 16.2. The van der Waals surface area contributed by atoms with Crippen molar-refractivity contribution in [2.24, 2.45) is 0 Å². The van der Waals surface area contributed by atoms with Gasteiger partial charge >= 0.3 is 6.09 Å². The van der Waals surface area contributed by atoms with Gasteiger partial charge in [0.15, 0.2) is 0 Å². The zero-order valence-electron chi connectivity index (χ0n) is 13.5. The van der Waals surface area contributed by atoms with E-state index >= 15 is 0 Å². The molecule has 0 radical (unpaired) electrons. The highest BCUT2D eigenvalue weighted by atomic mass is 127. The van der Waals surface area contributed by atoms with E-state index < -0.39 is 5.60 Å². The largest absolute Gasteiger partial charge is 0.493 e. The summed E-state index contributed by atoms with van der Waals surface area (Å²) in [6.45, 7) is 7.68. The lowest BCUT2D eigenvalue weighted by molar-refractivity contribution is 0.0223. The Hall–Kier alpha value is -0.980. The first-order valence-electron chi connectivity index (χ1n) is 7.68. The highest BCUT2D eigenvalue weighted by Gasteiger charge is 2.26. The van der Waals surface area contributed by atoms with E-state index in [0.717, 1.165) is 35.2 Å². The van der Waals surface area contributed by atoms with Crippen molar-refractivity contribution in [2.45, 2.75) is 45.8 Å². The number of ether oxygens (including phenoxy) is 2. The summed E-state index contributed by atoms with van der Waals surface area (Å²) in [5.41, 5.74) is 1.93. The van der Waals surface area contributed by atoms with Gasteiger partial charge in [0.1, 0.15) is 11.4 Å². The minimum Gasteiger partial charge on any atom is -0.493 e. The third-order valence-corrected chi connectivity index (χ3v) is 4.17. The molecule has 4 nitrogen and oxygen atoms in total. The van der Waals surface area contributed by atoms with Crippen molar-refractivity contribution in [2.75, 3.05) is 17.6 Å². The molecule has 1 aliphatic rings. The molecule has 0 N–H and O–H groups in total. The topological polar surface area (TPSA) is 38.8 Å². The maximum absolute atomic E-state index is 12.2. The molecule has 1 amide bonds. The van der Waals surface area contributed by atoms with Gasteiger partial charge in [-0.1, -0.05) is 34.7 Å². The highest BCUT2D eigenvalue weighted by Crippen LogP contribution is 2.28. The lowest BCUT2D eigenvalue weighted by Crippen LogP contribution is -2.40. The van der Waals surface area contributed by atoms with Crippen LogP contribution in [0.4, 0.5) is 4.79 Å². The van der Waals surface area contributed by atoms with Crippen molar-refractivity contribution in [3.05, 3.63) is 29.3 Å². The third-order valence-electron chi connectivity index (χ3n) is 3.41. The summed E-state index contributed by atoms with van der Waals surface area (Å²) in [4.78, 5) is 14.0.